The zero-order valence-corrected chi connectivity index (χ0v) is 16.9. The topological polar surface area (TPSA) is 58.2 Å². The number of benzene rings is 1. The first-order chi connectivity index (χ1) is 14.3. The van der Waals surface area contributed by atoms with E-state index in [0.29, 0.717) is 5.92 Å². The van der Waals surface area contributed by atoms with Gasteiger partial charge in [-0.3, -0.25) is 4.79 Å². The molecular weight excluding hydrogens is 395 g/mol. The van der Waals surface area contributed by atoms with Crippen LogP contribution < -0.4 is 4.74 Å². The number of likely N-dealkylation sites (tertiary alicyclic amines) is 1. The lowest BCUT2D eigenvalue weighted by atomic mass is 9.99. The molecule has 0 saturated carbocycles. The number of ether oxygens (including phenoxy) is 1. The summed E-state index contributed by atoms with van der Waals surface area (Å²) in [5.41, 5.74) is 0.831. The van der Waals surface area contributed by atoms with Crippen molar-refractivity contribution in [3.8, 4) is 5.75 Å². The highest BCUT2D eigenvalue weighted by Crippen LogP contribution is 2.33. The van der Waals surface area contributed by atoms with Gasteiger partial charge in [-0.2, -0.15) is 13.2 Å². The number of rotatable bonds is 2. The Hall–Kier alpha value is -3.03. The molecule has 0 radical (unpaired) electrons. The van der Waals surface area contributed by atoms with Crippen molar-refractivity contribution in [3.05, 3.63) is 60.0 Å². The molecule has 1 saturated heterocycles. The van der Waals surface area contributed by atoms with Gasteiger partial charge in [0.15, 0.2) is 5.69 Å². The summed E-state index contributed by atoms with van der Waals surface area (Å²) < 4.78 is 40.8. The molecule has 8 heteroatoms. The lowest BCUT2D eigenvalue weighted by Gasteiger charge is -2.31. The van der Waals surface area contributed by atoms with Gasteiger partial charge >= 0.3 is 6.18 Å². The molecular formula is C22H24F3N3O2. The zero-order chi connectivity index (χ0) is 21.7. The number of nitrogens with zero attached hydrogens (tertiary/aromatic N) is 2. The van der Waals surface area contributed by atoms with E-state index in [1.807, 2.05) is 35.4 Å². The molecule has 0 aliphatic carbocycles. The Balaban J connectivity index is 0.000000187. The highest BCUT2D eigenvalue weighted by Gasteiger charge is 2.35. The van der Waals surface area contributed by atoms with Crippen molar-refractivity contribution in [2.45, 2.75) is 25.9 Å². The first-order valence-electron chi connectivity index (χ1n) is 9.72. The van der Waals surface area contributed by atoms with Crippen LogP contribution >= 0.6 is 0 Å². The normalized spacial score (nSPS) is 16.7. The molecule has 0 bridgehead atoms. The van der Waals surface area contributed by atoms with E-state index < -0.39 is 11.9 Å². The number of nitrogens with one attached hydrogen (secondary N) is 1. The average Bonchev–Trinajstić information content (AvgIpc) is 3.21. The van der Waals surface area contributed by atoms with Crippen LogP contribution in [0.25, 0.3) is 10.9 Å². The van der Waals surface area contributed by atoms with E-state index in [-0.39, 0.29) is 11.7 Å². The molecule has 1 aromatic carbocycles. The smallest absolute Gasteiger partial charge is 0.437 e. The SMILES string of the molecule is CC1CCCN(C(=O)c2ccc3cc[nH]c3c2)C1.COc1cccnc1C(F)(F)F. The number of fused-ring (bicyclic) bond motifs is 1. The summed E-state index contributed by atoms with van der Waals surface area (Å²) in [5.74, 6) is 0.528. The third kappa shape index (κ3) is 5.11. The first-order valence-corrected chi connectivity index (χ1v) is 9.72. The van der Waals surface area contributed by atoms with Crippen LogP contribution in [0.15, 0.2) is 48.8 Å². The number of halogens is 3. The van der Waals surface area contributed by atoms with Crippen molar-refractivity contribution in [2.75, 3.05) is 20.2 Å². The number of H-pyrrole nitrogens is 1. The molecule has 3 heterocycles. The van der Waals surface area contributed by atoms with Crippen LogP contribution in [0, 0.1) is 5.92 Å². The number of amides is 1. The minimum Gasteiger partial charge on any atom is -0.494 e. The van der Waals surface area contributed by atoms with Gasteiger partial charge in [0, 0.05) is 36.6 Å². The number of hydrogen-bond donors (Lipinski definition) is 1. The summed E-state index contributed by atoms with van der Waals surface area (Å²) >= 11 is 0. The van der Waals surface area contributed by atoms with Gasteiger partial charge in [-0.05, 0) is 54.5 Å². The van der Waals surface area contributed by atoms with Crippen molar-refractivity contribution in [1.29, 1.82) is 0 Å². The lowest BCUT2D eigenvalue weighted by Crippen LogP contribution is -2.39. The Morgan fingerprint density at radius 1 is 1.27 bits per heavy atom. The van der Waals surface area contributed by atoms with Crippen LogP contribution in [0.1, 0.15) is 35.8 Å². The van der Waals surface area contributed by atoms with Crippen LogP contribution in [0.4, 0.5) is 13.2 Å². The molecule has 5 nitrogen and oxygen atoms in total. The minimum atomic E-state index is -4.45. The fourth-order valence-electron chi connectivity index (χ4n) is 3.51. The number of alkyl halides is 3. The molecule has 1 atom stereocenters. The summed E-state index contributed by atoms with van der Waals surface area (Å²) in [7, 11) is 1.17. The maximum atomic E-state index is 12.4. The molecule has 1 aliphatic heterocycles. The number of piperidine rings is 1. The number of aromatic amines is 1. The predicted octanol–water partition coefficient (Wildman–Crippen LogP) is 5.15. The van der Waals surface area contributed by atoms with Gasteiger partial charge in [0.05, 0.1) is 7.11 Å². The molecule has 160 valence electrons. The Morgan fingerprint density at radius 2 is 2.07 bits per heavy atom. The molecule has 1 aliphatic rings. The number of pyridine rings is 1. The molecule has 1 amide bonds. The van der Waals surface area contributed by atoms with Crippen LogP contribution in [-0.2, 0) is 6.18 Å². The number of carbonyl (C=O) groups is 1. The van der Waals surface area contributed by atoms with Crippen molar-refractivity contribution in [3.63, 3.8) is 0 Å². The van der Waals surface area contributed by atoms with Gasteiger partial charge in [0.1, 0.15) is 5.75 Å². The van der Waals surface area contributed by atoms with Crippen LogP contribution in [0.3, 0.4) is 0 Å². The van der Waals surface area contributed by atoms with Gasteiger partial charge < -0.3 is 14.6 Å². The summed E-state index contributed by atoms with van der Waals surface area (Å²) in [6.07, 6.45) is 0.886. The van der Waals surface area contributed by atoms with Crippen LogP contribution in [-0.4, -0.2) is 41.0 Å². The van der Waals surface area contributed by atoms with Gasteiger partial charge in [-0.25, -0.2) is 4.98 Å². The van der Waals surface area contributed by atoms with Gasteiger partial charge in [-0.1, -0.05) is 13.0 Å². The van der Waals surface area contributed by atoms with Gasteiger partial charge in [0.25, 0.3) is 5.91 Å². The molecule has 0 spiro atoms. The molecule has 4 rings (SSSR count). The van der Waals surface area contributed by atoms with E-state index in [1.54, 1.807) is 0 Å². The van der Waals surface area contributed by atoms with E-state index in [9.17, 15) is 18.0 Å². The van der Waals surface area contributed by atoms with Crippen molar-refractivity contribution in [1.82, 2.24) is 14.9 Å². The highest BCUT2D eigenvalue weighted by molar-refractivity contribution is 5.98. The second kappa shape index (κ2) is 9.19. The number of aromatic nitrogens is 2. The first kappa shape index (κ1) is 21.7. The second-order valence-electron chi connectivity index (χ2n) is 7.33. The lowest BCUT2D eigenvalue weighted by molar-refractivity contribution is -0.142. The molecule has 1 unspecified atom stereocenters. The predicted molar refractivity (Wildman–Crippen MR) is 108 cm³/mol. The van der Waals surface area contributed by atoms with Crippen LogP contribution in [0.2, 0.25) is 0 Å². The quantitative estimate of drug-likeness (QED) is 0.625. The standard InChI is InChI=1S/C15H18N2O.C7H6F3NO/c1-11-3-2-8-17(10-11)15(18)13-5-4-12-6-7-16-14(12)9-13;1-12-5-3-2-4-11-6(5)7(8,9)10/h4-7,9,11,16H,2-3,8,10H2,1H3;2-4H,1H3. The number of carbonyl (C=O) groups excluding carboxylic acids is 1. The minimum absolute atomic E-state index is 0.165. The maximum Gasteiger partial charge on any atom is 0.437 e. The Labute approximate surface area is 172 Å². The van der Waals surface area contributed by atoms with Crippen molar-refractivity contribution >= 4 is 16.8 Å². The maximum absolute atomic E-state index is 12.4. The largest absolute Gasteiger partial charge is 0.494 e. The van der Waals surface area contributed by atoms with Crippen LogP contribution in [0.5, 0.6) is 5.75 Å². The Bertz CT molecular complexity index is 1000. The number of methoxy groups -OCH3 is 1. The molecule has 1 N–H and O–H groups in total. The monoisotopic (exact) mass is 419 g/mol. The molecule has 3 aromatic rings. The fraction of sp³-hybridized carbons (Fsp3) is 0.364. The highest BCUT2D eigenvalue weighted by atomic mass is 19.4. The fourth-order valence-corrected chi connectivity index (χ4v) is 3.51. The van der Waals surface area contributed by atoms with Gasteiger partial charge in [0.2, 0.25) is 0 Å². The third-order valence-corrected chi connectivity index (χ3v) is 5.01. The summed E-state index contributed by atoms with van der Waals surface area (Å²) in [4.78, 5) is 20.7. The van der Waals surface area contributed by atoms with E-state index in [1.165, 1.54) is 25.7 Å². The Kier molecular flexibility index (Phi) is 6.64. The summed E-state index contributed by atoms with van der Waals surface area (Å²) in [5, 5.41) is 1.15. The Morgan fingerprint density at radius 3 is 2.73 bits per heavy atom. The number of hydrogen-bond acceptors (Lipinski definition) is 3. The third-order valence-electron chi connectivity index (χ3n) is 5.01. The molecule has 2 aromatic heterocycles. The summed E-state index contributed by atoms with van der Waals surface area (Å²) in [6, 6.07) is 10.5. The van der Waals surface area contributed by atoms with Crippen molar-refractivity contribution < 1.29 is 22.7 Å². The van der Waals surface area contributed by atoms with Gasteiger partial charge in [-0.15, -0.1) is 0 Å². The second-order valence-corrected chi connectivity index (χ2v) is 7.33. The van der Waals surface area contributed by atoms with E-state index in [0.717, 1.165) is 42.2 Å². The zero-order valence-electron chi connectivity index (χ0n) is 16.9. The van der Waals surface area contributed by atoms with E-state index in [2.05, 4.69) is 21.6 Å². The van der Waals surface area contributed by atoms with E-state index in [4.69, 9.17) is 0 Å². The van der Waals surface area contributed by atoms with Crippen molar-refractivity contribution in [2.24, 2.45) is 5.92 Å². The molecule has 1 fully saturated rings. The van der Waals surface area contributed by atoms with E-state index >= 15 is 0 Å². The summed E-state index contributed by atoms with van der Waals surface area (Å²) in [6.45, 7) is 4.00. The average molecular weight is 419 g/mol. The molecule has 30 heavy (non-hydrogen) atoms.